The molecule has 6 nitrogen and oxygen atoms in total. The van der Waals surface area contributed by atoms with E-state index >= 15 is 0 Å². The number of fused-ring (bicyclic) bond motifs is 7. The molecule has 0 bridgehead atoms. The van der Waals surface area contributed by atoms with Crippen molar-refractivity contribution in [1.29, 1.82) is 0 Å². The molecule has 0 atom stereocenters. The number of halogens is 4. The molecule has 4 aromatic heterocycles. The van der Waals surface area contributed by atoms with Gasteiger partial charge < -0.3 is 9.13 Å². The summed E-state index contributed by atoms with van der Waals surface area (Å²) in [6.45, 7) is 0. The Morgan fingerprint density at radius 3 is 1.34 bits per heavy atom. The van der Waals surface area contributed by atoms with Crippen molar-refractivity contribution in [2.75, 3.05) is 0 Å². The largest absolute Gasteiger partial charge is 0.340 e. The van der Waals surface area contributed by atoms with Gasteiger partial charge in [-0.1, -0.05) is 0 Å². The van der Waals surface area contributed by atoms with Crippen molar-refractivity contribution in [2.24, 2.45) is 14.1 Å². The highest BCUT2D eigenvalue weighted by molar-refractivity contribution is 7.22. The Morgan fingerprint density at radius 2 is 0.955 bits per heavy atom. The summed E-state index contributed by atoms with van der Waals surface area (Å²) in [5.74, 6) is -7.76. The van der Waals surface area contributed by atoms with Gasteiger partial charge in [-0.25, -0.2) is 17.6 Å². The molecule has 0 saturated heterocycles. The third-order valence-electron chi connectivity index (χ3n) is 8.13. The zero-order valence-electron chi connectivity index (χ0n) is 22.5. The van der Waals surface area contributed by atoms with E-state index in [-0.39, 0.29) is 22.3 Å². The minimum Gasteiger partial charge on any atom is -0.340 e. The predicted molar refractivity (Wildman–Crippen MR) is 160 cm³/mol. The lowest BCUT2D eigenvalue weighted by Gasteiger charge is -2.00. The molecule has 0 radical (unpaired) electrons. The van der Waals surface area contributed by atoms with Gasteiger partial charge >= 0.3 is 0 Å². The number of carbonyl (C=O) groups excluding carboxylic acids is 4. The van der Waals surface area contributed by atoms with E-state index in [9.17, 15) is 36.7 Å². The smallest absolute Gasteiger partial charge is 0.237 e. The summed E-state index contributed by atoms with van der Waals surface area (Å²) in [6.07, 6.45) is 2.95. The number of aryl methyl sites for hydroxylation is 2. The van der Waals surface area contributed by atoms with Crippen LogP contribution in [0.1, 0.15) is 41.6 Å². The summed E-state index contributed by atoms with van der Waals surface area (Å²) in [7, 11) is 3.72. The molecular weight excluding hydrogens is 616 g/mol. The molecule has 0 amide bonds. The third-order valence-corrected chi connectivity index (χ3v) is 10.3. The van der Waals surface area contributed by atoms with Crippen LogP contribution >= 0.6 is 22.7 Å². The standard InChI is InChI=1S/C32H14F4N2O4S2/c1-37-21-9-13(7-17-15-3-11(33)5-19(35)23(15)29(41)27(17)39)43-31(21)26-25(37)32-22(38(26)2)10-14(44-32)8-18-16-4-12(34)6-20(36)24(16)30(42)28(18)40/h3-10H,1-2H3/b17-7-,18-8-. The Balaban J connectivity index is 1.26. The molecule has 4 heterocycles. The number of rotatable bonds is 2. The first-order valence-electron chi connectivity index (χ1n) is 13.0. The Hall–Kier alpha value is -4.94. The minimum absolute atomic E-state index is 0.0713. The average Bonchev–Trinajstić information content (AvgIpc) is 3.76. The second-order valence-electron chi connectivity index (χ2n) is 10.6. The summed E-state index contributed by atoms with van der Waals surface area (Å²) >= 11 is 2.70. The Bertz CT molecular complexity index is 2320. The first-order valence-corrected chi connectivity index (χ1v) is 14.7. The topological polar surface area (TPSA) is 78.1 Å². The maximum absolute atomic E-state index is 14.3. The summed E-state index contributed by atoms with van der Waals surface area (Å²) in [5, 5.41) is 0. The summed E-state index contributed by atoms with van der Waals surface area (Å²) < 4.78 is 62.2. The molecule has 6 aromatic rings. The molecular formula is C32H14F4N2O4S2. The average molecular weight is 631 g/mol. The molecule has 0 fully saturated rings. The van der Waals surface area contributed by atoms with Crippen molar-refractivity contribution in [3.63, 3.8) is 0 Å². The fourth-order valence-electron chi connectivity index (χ4n) is 6.18. The van der Waals surface area contributed by atoms with E-state index < -0.39 is 57.5 Å². The summed E-state index contributed by atoms with van der Waals surface area (Å²) in [5.41, 5.74) is 2.25. The number of allylic oxidation sites excluding steroid dienone is 2. The van der Waals surface area contributed by atoms with Gasteiger partial charge in [0.25, 0.3) is 0 Å². The molecule has 2 aliphatic carbocycles. The molecule has 0 unspecified atom stereocenters. The van der Waals surface area contributed by atoms with Gasteiger partial charge in [0.2, 0.25) is 23.1 Å². The van der Waals surface area contributed by atoms with Gasteiger partial charge in [-0.2, -0.15) is 0 Å². The van der Waals surface area contributed by atoms with Gasteiger partial charge in [0.05, 0.1) is 42.6 Å². The van der Waals surface area contributed by atoms with Gasteiger partial charge in [0, 0.05) is 58.3 Å². The number of hydrogen-bond donors (Lipinski definition) is 0. The SMILES string of the molecule is Cn1c2cc(/C=C3\C(=O)C(=O)c4c(F)cc(F)cc43)sc2c2c1c1sc(/C=C3\C(=O)C(=O)c4c(F)cc(F)cc43)cc1n2C. The minimum atomic E-state index is -1.08. The van der Waals surface area contributed by atoms with Crippen molar-refractivity contribution >= 4 is 101 Å². The molecule has 8 rings (SSSR count). The predicted octanol–water partition coefficient (Wildman–Crippen LogP) is 7.11. The molecule has 216 valence electrons. The number of carbonyl (C=O) groups is 4. The lowest BCUT2D eigenvalue weighted by atomic mass is 10.1. The van der Waals surface area contributed by atoms with Gasteiger partial charge in [-0.05, 0) is 36.4 Å². The van der Waals surface area contributed by atoms with Crippen LogP contribution in [-0.4, -0.2) is 32.3 Å². The second-order valence-corrected chi connectivity index (χ2v) is 12.8. The van der Waals surface area contributed by atoms with E-state index in [0.29, 0.717) is 21.9 Å². The molecule has 0 saturated carbocycles. The van der Waals surface area contributed by atoms with Crippen LogP contribution < -0.4 is 0 Å². The van der Waals surface area contributed by atoms with Crippen LogP contribution in [0.3, 0.4) is 0 Å². The van der Waals surface area contributed by atoms with Gasteiger partial charge in [-0.3, -0.25) is 19.2 Å². The van der Waals surface area contributed by atoms with E-state index in [1.807, 2.05) is 35.4 Å². The van der Waals surface area contributed by atoms with Crippen molar-refractivity contribution in [3.8, 4) is 0 Å². The number of hydrogen-bond acceptors (Lipinski definition) is 6. The Kier molecular flexibility index (Phi) is 5.34. The normalized spacial score (nSPS) is 16.7. The Labute approximate surface area is 251 Å². The highest BCUT2D eigenvalue weighted by Gasteiger charge is 2.38. The van der Waals surface area contributed by atoms with Gasteiger partial charge in [0.15, 0.2) is 0 Å². The van der Waals surface area contributed by atoms with Gasteiger partial charge in [-0.15, -0.1) is 22.7 Å². The fourth-order valence-corrected chi connectivity index (χ4v) is 8.61. The van der Waals surface area contributed by atoms with Crippen molar-refractivity contribution in [1.82, 2.24) is 9.13 Å². The molecule has 2 aliphatic rings. The fraction of sp³-hybridized carbons (Fsp3) is 0.0625. The van der Waals surface area contributed by atoms with E-state index in [0.717, 1.165) is 43.6 Å². The highest BCUT2D eigenvalue weighted by Crippen LogP contribution is 2.45. The van der Waals surface area contributed by atoms with Crippen LogP contribution in [0.5, 0.6) is 0 Å². The van der Waals surface area contributed by atoms with Crippen LogP contribution in [0, 0.1) is 23.3 Å². The molecule has 0 aliphatic heterocycles. The monoisotopic (exact) mass is 630 g/mol. The summed E-state index contributed by atoms with van der Waals surface area (Å²) in [4.78, 5) is 51.5. The van der Waals surface area contributed by atoms with Crippen LogP contribution in [0.2, 0.25) is 0 Å². The quantitative estimate of drug-likeness (QED) is 0.116. The number of Topliss-reactive ketones (excluding diaryl/α,β-unsaturated/α-hetero) is 4. The first kappa shape index (κ1) is 26.7. The van der Waals surface area contributed by atoms with E-state index in [2.05, 4.69) is 0 Å². The third kappa shape index (κ3) is 3.40. The molecule has 0 spiro atoms. The maximum atomic E-state index is 14.3. The van der Waals surface area contributed by atoms with Crippen molar-refractivity contribution in [3.05, 3.63) is 91.7 Å². The molecule has 12 heteroatoms. The van der Waals surface area contributed by atoms with E-state index in [4.69, 9.17) is 0 Å². The zero-order valence-corrected chi connectivity index (χ0v) is 24.1. The van der Waals surface area contributed by atoms with Crippen LogP contribution in [0.15, 0.2) is 36.4 Å². The maximum Gasteiger partial charge on any atom is 0.237 e. The van der Waals surface area contributed by atoms with E-state index in [1.165, 1.54) is 34.8 Å². The van der Waals surface area contributed by atoms with E-state index in [1.54, 1.807) is 0 Å². The number of nitrogens with zero attached hydrogens (tertiary/aromatic N) is 2. The second kappa shape index (κ2) is 8.80. The van der Waals surface area contributed by atoms with Crippen molar-refractivity contribution in [2.45, 2.75) is 0 Å². The van der Waals surface area contributed by atoms with Crippen LogP contribution in [-0.2, 0) is 23.7 Å². The first-order chi connectivity index (χ1) is 20.9. The lowest BCUT2D eigenvalue weighted by Crippen LogP contribution is -2.07. The molecule has 44 heavy (non-hydrogen) atoms. The number of thiophene rings is 2. The van der Waals surface area contributed by atoms with Crippen molar-refractivity contribution < 1.29 is 36.7 Å². The Morgan fingerprint density at radius 1 is 0.568 bits per heavy atom. The molecule has 0 N–H and O–H groups in total. The van der Waals surface area contributed by atoms with Crippen LogP contribution in [0.4, 0.5) is 17.6 Å². The number of benzene rings is 2. The van der Waals surface area contributed by atoms with Gasteiger partial charge in [0.1, 0.15) is 23.3 Å². The lowest BCUT2D eigenvalue weighted by molar-refractivity contribution is -0.110. The summed E-state index contributed by atoms with van der Waals surface area (Å²) in [6, 6.07) is 6.77. The molecule has 2 aromatic carbocycles. The highest BCUT2D eigenvalue weighted by atomic mass is 32.1. The zero-order chi connectivity index (χ0) is 30.9. The number of aromatic nitrogens is 2. The number of ketones is 4. The van der Waals surface area contributed by atoms with Crippen LogP contribution in [0.25, 0.3) is 54.8 Å².